The van der Waals surface area contributed by atoms with E-state index in [-0.39, 0.29) is 5.97 Å². The minimum Gasteiger partial charge on any atom is -0.467 e. The van der Waals surface area contributed by atoms with Crippen molar-refractivity contribution in [3.8, 4) is 0 Å². The predicted molar refractivity (Wildman–Crippen MR) is 103 cm³/mol. The van der Waals surface area contributed by atoms with E-state index in [1.54, 1.807) is 0 Å². The molecule has 1 aromatic heterocycles. The zero-order valence-electron chi connectivity index (χ0n) is 14.8. The van der Waals surface area contributed by atoms with Gasteiger partial charge in [0, 0.05) is 6.42 Å². The number of imidazole rings is 1. The number of aromatic nitrogens is 2. The quantitative estimate of drug-likeness (QED) is 0.512. The number of carbonyl (C=O) groups excluding carboxylic acids is 1. The molecule has 0 radical (unpaired) electrons. The topological polar surface area (TPSA) is 44.1 Å². The number of nitrogens with zero attached hydrogens (tertiary/aromatic N) is 2. The number of benzene rings is 3. The van der Waals surface area contributed by atoms with Gasteiger partial charge in [0.05, 0.1) is 18.1 Å². The first-order valence-corrected chi connectivity index (χ1v) is 8.69. The highest BCUT2D eigenvalue weighted by molar-refractivity contribution is 5.86. The number of para-hydroxylation sites is 2. The first kappa shape index (κ1) is 16.3. The van der Waals surface area contributed by atoms with Gasteiger partial charge in [-0.15, -0.1) is 0 Å². The normalized spacial score (nSPS) is 12.4. The lowest BCUT2D eigenvalue weighted by molar-refractivity contribution is -0.143. The molecule has 0 unspecified atom stereocenters. The van der Waals surface area contributed by atoms with Crippen molar-refractivity contribution in [3.05, 3.63) is 78.1 Å². The van der Waals surface area contributed by atoms with Gasteiger partial charge in [0.15, 0.2) is 0 Å². The maximum absolute atomic E-state index is 12.2. The smallest absolute Gasteiger partial charge is 0.328 e. The number of esters is 1. The Kier molecular flexibility index (Phi) is 4.17. The van der Waals surface area contributed by atoms with Gasteiger partial charge in [0.1, 0.15) is 11.9 Å². The van der Waals surface area contributed by atoms with E-state index >= 15 is 0 Å². The molecule has 4 aromatic rings. The Balaban J connectivity index is 1.87. The summed E-state index contributed by atoms with van der Waals surface area (Å²) in [5.74, 6) is 0.591. The van der Waals surface area contributed by atoms with Crippen LogP contribution in [0.4, 0.5) is 0 Å². The third kappa shape index (κ3) is 2.73. The minimum absolute atomic E-state index is 0.271. The largest absolute Gasteiger partial charge is 0.467 e. The van der Waals surface area contributed by atoms with Gasteiger partial charge >= 0.3 is 5.97 Å². The molecule has 0 saturated heterocycles. The Morgan fingerprint density at radius 2 is 1.77 bits per heavy atom. The van der Waals surface area contributed by atoms with Crippen molar-refractivity contribution < 1.29 is 9.53 Å². The van der Waals surface area contributed by atoms with Crippen LogP contribution in [0.15, 0.2) is 66.7 Å². The van der Waals surface area contributed by atoms with Gasteiger partial charge in [-0.25, -0.2) is 9.78 Å². The van der Waals surface area contributed by atoms with Crippen LogP contribution in [0, 0.1) is 0 Å². The molecule has 4 rings (SSSR count). The summed E-state index contributed by atoms with van der Waals surface area (Å²) in [4.78, 5) is 17.0. The van der Waals surface area contributed by atoms with Crippen LogP contribution in [0.25, 0.3) is 21.8 Å². The van der Waals surface area contributed by atoms with E-state index in [1.165, 1.54) is 23.4 Å². The van der Waals surface area contributed by atoms with Crippen LogP contribution in [-0.4, -0.2) is 22.6 Å². The fourth-order valence-electron chi connectivity index (χ4n) is 3.54. The number of hydrogen-bond donors (Lipinski definition) is 0. The molecule has 0 amide bonds. The van der Waals surface area contributed by atoms with Gasteiger partial charge in [-0.2, -0.15) is 0 Å². The van der Waals surface area contributed by atoms with Gasteiger partial charge in [0.2, 0.25) is 0 Å². The molecule has 0 saturated carbocycles. The van der Waals surface area contributed by atoms with Gasteiger partial charge < -0.3 is 9.30 Å². The zero-order valence-corrected chi connectivity index (χ0v) is 14.8. The summed E-state index contributed by atoms with van der Waals surface area (Å²) in [6.45, 7) is 1.85. The molecule has 0 fully saturated rings. The monoisotopic (exact) mass is 344 g/mol. The molecule has 0 aliphatic heterocycles. The van der Waals surface area contributed by atoms with E-state index in [9.17, 15) is 4.79 Å². The molecule has 1 heterocycles. The van der Waals surface area contributed by atoms with Gasteiger partial charge in [-0.05, 0) is 35.4 Å². The molecule has 0 bridgehead atoms. The molecule has 0 aliphatic carbocycles. The standard InChI is InChI=1S/C22H20N2O2/c1-15(22(25)26-2)24-20-13-6-5-12-19(20)23-21(24)14-17-10-7-9-16-8-3-4-11-18(16)17/h3-13,15H,14H2,1-2H3/t15-/m0/s1. The summed E-state index contributed by atoms with van der Waals surface area (Å²) >= 11 is 0. The van der Waals surface area contributed by atoms with Crippen LogP contribution < -0.4 is 0 Å². The SMILES string of the molecule is COC(=O)[C@H](C)n1c(Cc2cccc3ccccc23)nc2ccccc21. The van der Waals surface area contributed by atoms with Gasteiger partial charge in [0.25, 0.3) is 0 Å². The summed E-state index contributed by atoms with van der Waals surface area (Å²) in [5, 5.41) is 2.41. The van der Waals surface area contributed by atoms with Crippen molar-refractivity contribution in [2.75, 3.05) is 7.11 Å². The lowest BCUT2D eigenvalue weighted by Gasteiger charge is -2.16. The number of hydrogen-bond acceptors (Lipinski definition) is 3. The van der Waals surface area contributed by atoms with Crippen LogP contribution in [0.5, 0.6) is 0 Å². The van der Waals surface area contributed by atoms with E-state index in [0.29, 0.717) is 6.42 Å². The van der Waals surface area contributed by atoms with E-state index < -0.39 is 6.04 Å². The molecule has 130 valence electrons. The highest BCUT2D eigenvalue weighted by Crippen LogP contribution is 2.26. The lowest BCUT2D eigenvalue weighted by Crippen LogP contribution is -2.20. The average molecular weight is 344 g/mol. The van der Waals surface area contributed by atoms with Crippen molar-refractivity contribution >= 4 is 27.8 Å². The Morgan fingerprint density at radius 1 is 1.04 bits per heavy atom. The first-order valence-electron chi connectivity index (χ1n) is 8.69. The molecule has 0 N–H and O–H groups in total. The van der Waals surface area contributed by atoms with Crippen LogP contribution in [0.2, 0.25) is 0 Å². The summed E-state index contributed by atoms with van der Waals surface area (Å²) in [7, 11) is 1.42. The summed E-state index contributed by atoms with van der Waals surface area (Å²) < 4.78 is 6.96. The fraction of sp³-hybridized carbons (Fsp3) is 0.182. The maximum atomic E-state index is 12.2. The van der Waals surface area contributed by atoms with Crippen molar-refractivity contribution in [1.82, 2.24) is 9.55 Å². The third-order valence-electron chi connectivity index (χ3n) is 4.83. The third-order valence-corrected chi connectivity index (χ3v) is 4.83. The minimum atomic E-state index is -0.433. The summed E-state index contributed by atoms with van der Waals surface area (Å²) in [6.07, 6.45) is 0.650. The average Bonchev–Trinajstić information content (AvgIpc) is 3.05. The molecule has 3 aromatic carbocycles. The molecule has 0 aliphatic rings. The Morgan fingerprint density at radius 3 is 2.62 bits per heavy atom. The molecular formula is C22H20N2O2. The van der Waals surface area contributed by atoms with Crippen molar-refractivity contribution in [3.63, 3.8) is 0 Å². The molecule has 0 spiro atoms. The van der Waals surface area contributed by atoms with Crippen LogP contribution in [-0.2, 0) is 16.0 Å². The second-order valence-corrected chi connectivity index (χ2v) is 6.40. The predicted octanol–water partition coefficient (Wildman–Crippen LogP) is 4.51. The second-order valence-electron chi connectivity index (χ2n) is 6.40. The van der Waals surface area contributed by atoms with Crippen molar-refractivity contribution in [1.29, 1.82) is 0 Å². The Bertz CT molecular complexity index is 1090. The molecule has 4 heteroatoms. The molecule has 1 atom stereocenters. The van der Waals surface area contributed by atoms with E-state index in [0.717, 1.165) is 16.9 Å². The Labute approximate surface area is 152 Å². The number of fused-ring (bicyclic) bond motifs is 2. The highest BCUT2D eigenvalue weighted by Gasteiger charge is 2.22. The number of ether oxygens (including phenoxy) is 1. The van der Waals surface area contributed by atoms with Crippen molar-refractivity contribution in [2.24, 2.45) is 0 Å². The fourth-order valence-corrected chi connectivity index (χ4v) is 3.54. The van der Waals surface area contributed by atoms with Crippen LogP contribution >= 0.6 is 0 Å². The lowest BCUT2D eigenvalue weighted by atomic mass is 10.0. The molecule has 26 heavy (non-hydrogen) atoms. The molecule has 4 nitrogen and oxygen atoms in total. The van der Waals surface area contributed by atoms with Crippen LogP contribution in [0.3, 0.4) is 0 Å². The first-order chi connectivity index (χ1) is 12.7. The van der Waals surface area contributed by atoms with E-state index in [4.69, 9.17) is 9.72 Å². The second kappa shape index (κ2) is 6.64. The summed E-state index contributed by atoms with van der Waals surface area (Å²) in [6, 6.07) is 22.1. The zero-order chi connectivity index (χ0) is 18.1. The van der Waals surface area contributed by atoms with E-state index in [1.807, 2.05) is 47.9 Å². The Hall–Kier alpha value is -3.14. The number of carbonyl (C=O) groups is 1. The van der Waals surface area contributed by atoms with Crippen molar-refractivity contribution in [2.45, 2.75) is 19.4 Å². The van der Waals surface area contributed by atoms with Gasteiger partial charge in [-0.1, -0.05) is 54.6 Å². The molecular weight excluding hydrogens is 324 g/mol. The number of rotatable bonds is 4. The van der Waals surface area contributed by atoms with Gasteiger partial charge in [-0.3, -0.25) is 0 Å². The number of methoxy groups -OCH3 is 1. The maximum Gasteiger partial charge on any atom is 0.328 e. The van der Waals surface area contributed by atoms with Crippen LogP contribution in [0.1, 0.15) is 24.4 Å². The summed E-state index contributed by atoms with van der Waals surface area (Å²) in [5.41, 5.74) is 3.02. The van der Waals surface area contributed by atoms with E-state index in [2.05, 4.69) is 30.3 Å². The highest BCUT2D eigenvalue weighted by atomic mass is 16.5.